The Morgan fingerprint density at radius 1 is 0.750 bits per heavy atom. The van der Waals surface area contributed by atoms with Gasteiger partial charge in [0.1, 0.15) is 5.69 Å². The van der Waals surface area contributed by atoms with Gasteiger partial charge >= 0.3 is 0 Å². The van der Waals surface area contributed by atoms with Crippen molar-refractivity contribution in [3.05, 3.63) is 0 Å². The third-order valence-electron chi connectivity index (χ3n) is 3.76. The molecular formula is C12H22N8. The molecule has 2 fully saturated rings. The van der Waals surface area contributed by atoms with Gasteiger partial charge in [0.25, 0.3) is 0 Å². The number of piperazine rings is 2. The van der Waals surface area contributed by atoms with E-state index in [2.05, 4.69) is 30.4 Å². The van der Waals surface area contributed by atoms with Crippen LogP contribution in [0.25, 0.3) is 0 Å². The van der Waals surface area contributed by atoms with Crippen molar-refractivity contribution in [3.63, 3.8) is 0 Å². The Balaban J connectivity index is 1.91. The third-order valence-corrected chi connectivity index (χ3v) is 3.76. The number of aromatic nitrogens is 2. The van der Waals surface area contributed by atoms with E-state index < -0.39 is 0 Å². The molecule has 1 aromatic rings. The van der Waals surface area contributed by atoms with Crippen molar-refractivity contribution in [2.24, 2.45) is 0 Å². The van der Waals surface area contributed by atoms with E-state index in [0.29, 0.717) is 11.6 Å². The largest absolute Gasteiger partial charge is 0.393 e. The topological polar surface area (TPSA) is 108 Å². The zero-order valence-corrected chi connectivity index (χ0v) is 11.6. The van der Waals surface area contributed by atoms with Crippen molar-refractivity contribution < 1.29 is 0 Å². The molecule has 0 saturated carbocycles. The zero-order chi connectivity index (χ0) is 13.9. The lowest BCUT2D eigenvalue weighted by molar-refractivity contribution is 0.580. The smallest absolute Gasteiger partial charge is 0.224 e. The number of nitrogens with two attached hydrogens (primary N) is 2. The molecule has 0 bridgehead atoms. The fourth-order valence-electron chi connectivity index (χ4n) is 2.70. The summed E-state index contributed by atoms with van der Waals surface area (Å²) in [6, 6.07) is 0. The summed E-state index contributed by atoms with van der Waals surface area (Å²) in [6.07, 6.45) is 0. The molecule has 0 amide bonds. The minimum Gasteiger partial charge on any atom is -0.393 e. The highest BCUT2D eigenvalue weighted by Gasteiger charge is 2.22. The van der Waals surface area contributed by atoms with E-state index in [9.17, 15) is 0 Å². The van der Waals surface area contributed by atoms with Crippen LogP contribution < -0.4 is 31.9 Å². The maximum atomic E-state index is 6.31. The Morgan fingerprint density at radius 2 is 1.15 bits per heavy atom. The number of hydrogen-bond acceptors (Lipinski definition) is 8. The van der Waals surface area contributed by atoms with Gasteiger partial charge in [-0.15, -0.1) is 0 Å². The maximum Gasteiger partial charge on any atom is 0.224 e. The van der Waals surface area contributed by atoms with Gasteiger partial charge < -0.3 is 31.9 Å². The summed E-state index contributed by atoms with van der Waals surface area (Å²) in [7, 11) is 0. The van der Waals surface area contributed by atoms with Crippen LogP contribution in [0.3, 0.4) is 0 Å². The quantitative estimate of drug-likeness (QED) is 0.515. The Morgan fingerprint density at radius 3 is 1.55 bits per heavy atom. The summed E-state index contributed by atoms with van der Waals surface area (Å²) < 4.78 is 0. The second-order valence-electron chi connectivity index (χ2n) is 5.12. The predicted octanol–water partition coefficient (Wildman–Crippen LogP) is -1.54. The number of hydrogen-bond donors (Lipinski definition) is 4. The van der Waals surface area contributed by atoms with Gasteiger partial charge in [0.2, 0.25) is 5.95 Å². The van der Waals surface area contributed by atoms with E-state index in [4.69, 9.17) is 11.5 Å². The molecule has 0 spiro atoms. The molecule has 8 nitrogen and oxygen atoms in total. The normalized spacial score (nSPS) is 20.2. The van der Waals surface area contributed by atoms with Crippen LogP contribution in [0, 0.1) is 0 Å². The fourth-order valence-corrected chi connectivity index (χ4v) is 2.70. The molecule has 0 unspecified atom stereocenters. The first-order chi connectivity index (χ1) is 9.75. The molecule has 110 valence electrons. The van der Waals surface area contributed by atoms with Gasteiger partial charge in [-0.25, -0.2) is 0 Å². The van der Waals surface area contributed by atoms with Crippen LogP contribution in [0.1, 0.15) is 0 Å². The van der Waals surface area contributed by atoms with Crippen molar-refractivity contribution in [3.8, 4) is 0 Å². The zero-order valence-electron chi connectivity index (χ0n) is 11.6. The van der Waals surface area contributed by atoms with Gasteiger partial charge in [0, 0.05) is 52.4 Å². The second kappa shape index (κ2) is 5.68. The van der Waals surface area contributed by atoms with Crippen LogP contribution in [-0.2, 0) is 0 Å². The molecule has 8 heteroatoms. The first-order valence-corrected chi connectivity index (χ1v) is 7.10. The Labute approximate surface area is 118 Å². The van der Waals surface area contributed by atoms with Gasteiger partial charge in [-0.05, 0) is 0 Å². The molecule has 20 heavy (non-hydrogen) atoms. The molecule has 1 aromatic heterocycles. The first kappa shape index (κ1) is 13.2. The second-order valence-corrected chi connectivity index (χ2v) is 5.12. The summed E-state index contributed by atoms with van der Waals surface area (Å²) in [5.41, 5.74) is 12.8. The van der Waals surface area contributed by atoms with Crippen LogP contribution in [0.4, 0.5) is 23.3 Å². The van der Waals surface area contributed by atoms with E-state index in [1.165, 1.54) is 0 Å². The number of anilines is 4. The lowest BCUT2D eigenvalue weighted by atomic mass is 10.3. The summed E-state index contributed by atoms with van der Waals surface area (Å²) in [4.78, 5) is 13.1. The van der Waals surface area contributed by atoms with Crippen LogP contribution in [-0.4, -0.2) is 62.3 Å². The minimum atomic E-state index is 0.293. The molecule has 0 aromatic carbocycles. The van der Waals surface area contributed by atoms with Gasteiger partial charge in [0.05, 0.1) is 0 Å². The first-order valence-electron chi connectivity index (χ1n) is 7.10. The van der Waals surface area contributed by atoms with Gasteiger partial charge in [0.15, 0.2) is 11.6 Å². The molecule has 2 aliphatic rings. The molecule has 6 N–H and O–H groups in total. The van der Waals surface area contributed by atoms with Gasteiger partial charge in [-0.2, -0.15) is 9.97 Å². The highest BCUT2D eigenvalue weighted by molar-refractivity contribution is 5.77. The molecule has 0 radical (unpaired) electrons. The highest BCUT2D eigenvalue weighted by atomic mass is 15.3. The standard InChI is InChI=1S/C12H22N8/c13-9-10(19-5-1-15-2-6-19)17-12(14)18-11(9)20-7-3-16-4-8-20/h15-16H,1-8,13H2,(H2,14,17,18). The lowest BCUT2D eigenvalue weighted by Crippen LogP contribution is -2.46. The van der Waals surface area contributed by atoms with Crippen LogP contribution >= 0.6 is 0 Å². The average Bonchev–Trinajstić information content (AvgIpc) is 2.51. The Hall–Kier alpha value is -1.80. The van der Waals surface area contributed by atoms with E-state index in [0.717, 1.165) is 64.0 Å². The number of nitrogen functional groups attached to an aromatic ring is 2. The molecule has 0 aliphatic carbocycles. The van der Waals surface area contributed by atoms with Crippen molar-refractivity contribution in [2.45, 2.75) is 0 Å². The van der Waals surface area contributed by atoms with Crippen molar-refractivity contribution in [1.29, 1.82) is 0 Å². The van der Waals surface area contributed by atoms with E-state index >= 15 is 0 Å². The predicted molar refractivity (Wildman–Crippen MR) is 81.0 cm³/mol. The van der Waals surface area contributed by atoms with Crippen LogP contribution in [0.15, 0.2) is 0 Å². The SMILES string of the molecule is Nc1nc(N2CCNCC2)c(N)c(N2CCNCC2)n1. The van der Waals surface area contributed by atoms with E-state index in [1.54, 1.807) is 0 Å². The van der Waals surface area contributed by atoms with Gasteiger partial charge in [-0.1, -0.05) is 0 Å². The van der Waals surface area contributed by atoms with Crippen molar-refractivity contribution in [2.75, 3.05) is 73.6 Å². The monoisotopic (exact) mass is 278 g/mol. The van der Waals surface area contributed by atoms with Crippen molar-refractivity contribution >= 4 is 23.3 Å². The number of nitrogens with one attached hydrogen (secondary N) is 2. The lowest BCUT2D eigenvalue weighted by Gasteiger charge is -2.33. The Bertz CT molecular complexity index is 426. The number of nitrogens with zero attached hydrogens (tertiary/aromatic N) is 4. The van der Waals surface area contributed by atoms with E-state index in [-0.39, 0.29) is 0 Å². The van der Waals surface area contributed by atoms with Gasteiger partial charge in [-0.3, -0.25) is 0 Å². The van der Waals surface area contributed by atoms with Crippen molar-refractivity contribution in [1.82, 2.24) is 20.6 Å². The summed E-state index contributed by atoms with van der Waals surface area (Å²) in [5, 5.41) is 6.64. The summed E-state index contributed by atoms with van der Waals surface area (Å²) in [5.74, 6) is 1.83. The Kier molecular flexibility index (Phi) is 3.75. The van der Waals surface area contributed by atoms with E-state index in [1.807, 2.05) is 0 Å². The average molecular weight is 278 g/mol. The molecule has 3 heterocycles. The molecule has 3 rings (SSSR count). The third kappa shape index (κ3) is 2.56. The fraction of sp³-hybridized carbons (Fsp3) is 0.667. The molecule has 2 saturated heterocycles. The summed E-state index contributed by atoms with van der Waals surface area (Å²) >= 11 is 0. The highest BCUT2D eigenvalue weighted by Crippen LogP contribution is 2.31. The molecular weight excluding hydrogens is 256 g/mol. The summed E-state index contributed by atoms with van der Waals surface area (Å²) in [6.45, 7) is 7.31. The van der Waals surface area contributed by atoms with Crippen LogP contribution in [0.5, 0.6) is 0 Å². The maximum absolute atomic E-state index is 6.31. The van der Waals surface area contributed by atoms with Crippen LogP contribution in [0.2, 0.25) is 0 Å². The number of rotatable bonds is 2. The molecule has 2 aliphatic heterocycles. The minimum absolute atomic E-state index is 0.293. The molecule has 0 atom stereocenters.